The summed E-state index contributed by atoms with van der Waals surface area (Å²) in [5.41, 5.74) is 3.72. The van der Waals surface area contributed by atoms with E-state index in [1.165, 1.54) is 6.07 Å². The number of ether oxygens (including phenoxy) is 1. The Labute approximate surface area is 180 Å². The molecule has 1 heterocycles. The highest BCUT2D eigenvalue weighted by atomic mass is 19.4. The number of carbonyl (C=O) groups is 2. The number of nitrogens with two attached hydrogens (primary N) is 1. The fraction of sp³-hybridized carbons (Fsp3) is 0.619. The highest BCUT2D eigenvalue weighted by Crippen LogP contribution is 2.31. The topological polar surface area (TPSA) is 87.9 Å². The SMILES string of the molecule is C[C@@H]1CN(CCNC(=O)c2cc(N)cc(C(F)(F)F)c2)C[C@H](C)N1C(=O)OC(C)(C)C. The molecule has 0 spiro atoms. The van der Waals surface area contributed by atoms with Crippen molar-refractivity contribution >= 4 is 17.7 Å². The van der Waals surface area contributed by atoms with Crippen molar-refractivity contribution in [2.45, 2.75) is 58.5 Å². The van der Waals surface area contributed by atoms with Crippen LogP contribution in [0.3, 0.4) is 0 Å². The van der Waals surface area contributed by atoms with Gasteiger partial charge in [-0.05, 0) is 52.8 Å². The Bertz CT molecular complexity index is 796. The lowest BCUT2D eigenvalue weighted by Gasteiger charge is -2.44. The molecule has 2 rings (SSSR count). The van der Waals surface area contributed by atoms with E-state index in [0.29, 0.717) is 19.6 Å². The molecule has 0 bridgehead atoms. The number of hydrogen-bond donors (Lipinski definition) is 2. The number of amides is 2. The third kappa shape index (κ3) is 7.02. The van der Waals surface area contributed by atoms with Crippen LogP contribution in [0.1, 0.15) is 50.5 Å². The van der Waals surface area contributed by atoms with Gasteiger partial charge in [0.15, 0.2) is 0 Å². The predicted molar refractivity (Wildman–Crippen MR) is 112 cm³/mol. The van der Waals surface area contributed by atoms with Crippen molar-refractivity contribution in [2.75, 3.05) is 31.9 Å². The van der Waals surface area contributed by atoms with E-state index in [1.54, 1.807) is 4.90 Å². The summed E-state index contributed by atoms with van der Waals surface area (Å²) in [4.78, 5) is 28.6. The molecule has 1 saturated heterocycles. The minimum Gasteiger partial charge on any atom is -0.444 e. The standard InChI is InChI=1S/C21H31F3N4O3/c1-13-11-27(12-14(2)28(13)19(30)31-20(3,4)5)7-6-26-18(29)15-8-16(21(22,23)24)10-17(25)9-15/h8-10,13-14H,6-7,11-12,25H2,1-5H3,(H,26,29)/t13-,14+. The van der Waals surface area contributed by atoms with Crippen LogP contribution in [0.25, 0.3) is 0 Å². The molecule has 1 aliphatic rings. The van der Waals surface area contributed by atoms with Gasteiger partial charge in [0, 0.05) is 49.5 Å². The fourth-order valence-corrected chi connectivity index (χ4v) is 3.67. The molecule has 0 saturated carbocycles. The van der Waals surface area contributed by atoms with Gasteiger partial charge in [-0.2, -0.15) is 13.2 Å². The Morgan fingerprint density at radius 2 is 1.71 bits per heavy atom. The van der Waals surface area contributed by atoms with Crippen LogP contribution in [0.15, 0.2) is 18.2 Å². The Morgan fingerprint density at radius 3 is 2.23 bits per heavy atom. The highest BCUT2D eigenvalue weighted by molar-refractivity contribution is 5.95. The Morgan fingerprint density at radius 1 is 1.13 bits per heavy atom. The number of carbonyl (C=O) groups excluding carboxylic acids is 2. The van der Waals surface area contributed by atoms with Crippen LogP contribution in [0.4, 0.5) is 23.7 Å². The largest absolute Gasteiger partial charge is 0.444 e. The molecular weight excluding hydrogens is 413 g/mol. The van der Waals surface area contributed by atoms with E-state index in [4.69, 9.17) is 10.5 Å². The first kappa shape index (κ1) is 24.8. The molecule has 0 aromatic heterocycles. The fourth-order valence-electron chi connectivity index (χ4n) is 3.67. The van der Waals surface area contributed by atoms with Crippen molar-refractivity contribution in [2.24, 2.45) is 0 Å². The maximum atomic E-state index is 12.9. The van der Waals surface area contributed by atoms with E-state index in [0.717, 1.165) is 12.1 Å². The van der Waals surface area contributed by atoms with Crippen LogP contribution >= 0.6 is 0 Å². The second-order valence-corrected chi connectivity index (χ2v) is 8.94. The normalized spacial score (nSPS) is 20.5. The molecule has 1 aromatic carbocycles. The Hall–Kier alpha value is -2.49. The third-order valence-corrected chi connectivity index (χ3v) is 4.86. The van der Waals surface area contributed by atoms with Crippen LogP contribution in [-0.2, 0) is 10.9 Å². The van der Waals surface area contributed by atoms with Gasteiger partial charge in [0.05, 0.1) is 5.56 Å². The predicted octanol–water partition coefficient (Wildman–Crippen LogP) is 3.35. The number of benzene rings is 1. The van der Waals surface area contributed by atoms with E-state index >= 15 is 0 Å². The molecule has 0 unspecified atom stereocenters. The zero-order valence-electron chi connectivity index (χ0n) is 18.5. The second-order valence-electron chi connectivity index (χ2n) is 8.94. The average molecular weight is 444 g/mol. The first-order chi connectivity index (χ1) is 14.2. The van der Waals surface area contributed by atoms with Crippen LogP contribution in [0, 0.1) is 0 Å². The lowest BCUT2D eigenvalue weighted by Crippen LogP contribution is -2.60. The number of anilines is 1. The average Bonchev–Trinajstić information content (AvgIpc) is 2.58. The minimum atomic E-state index is -4.58. The van der Waals surface area contributed by atoms with Crippen molar-refractivity contribution in [3.63, 3.8) is 0 Å². The first-order valence-corrected chi connectivity index (χ1v) is 10.2. The van der Waals surface area contributed by atoms with Crippen LogP contribution in [0.5, 0.6) is 0 Å². The van der Waals surface area contributed by atoms with E-state index in [1.807, 2.05) is 34.6 Å². The Balaban J connectivity index is 1.90. The summed E-state index contributed by atoms with van der Waals surface area (Å²) in [6, 6.07) is 2.63. The maximum Gasteiger partial charge on any atom is 0.416 e. The Kier molecular flexibility index (Phi) is 7.46. The third-order valence-electron chi connectivity index (χ3n) is 4.86. The molecule has 0 radical (unpaired) electrons. The quantitative estimate of drug-likeness (QED) is 0.696. The molecule has 7 nitrogen and oxygen atoms in total. The van der Waals surface area contributed by atoms with Crippen molar-refractivity contribution in [3.05, 3.63) is 29.3 Å². The first-order valence-electron chi connectivity index (χ1n) is 10.2. The molecule has 0 aliphatic carbocycles. The van der Waals surface area contributed by atoms with Gasteiger partial charge in [-0.3, -0.25) is 9.69 Å². The number of rotatable bonds is 4. The smallest absolute Gasteiger partial charge is 0.416 e. The van der Waals surface area contributed by atoms with E-state index in [9.17, 15) is 22.8 Å². The number of piperazine rings is 1. The van der Waals surface area contributed by atoms with E-state index in [-0.39, 0.29) is 36.0 Å². The van der Waals surface area contributed by atoms with Gasteiger partial charge in [0.25, 0.3) is 5.91 Å². The molecule has 3 N–H and O–H groups in total. The summed E-state index contributed by atoms with van der Waals surface area (Å²) in [5, 5.41) is 2.64. The molecule has 1 fully saturated rings. The molecule has 174 valence electrons. The van der Waals surface area contributed by atoms with Gasteiger partial charge >= 0.3 is 12.3 Å². The minimum absolute atomic E-state index is 0.0856. The van der Waals surface area contributed by atoms with E-state index in [2.05, 4.69) is 10.2 Å². The van der Waals surface area contributed by atoms with Crippen molar-refractivity contribution in [1.29, 1.82) is 0 Å². The number of nitrogens with zero attached hydrogens (tertiary/aromatic N) is 2. The molecule has 2 atom stereocenters. The van der Waals surface area contributed by atoms with Crippen LogP contribution < -0.4 is 11.1 Å². The molecular formula is C21H31F3N4O3. The van der Waals surface area contributed by atoms with Crippen molar-refractivity contribution in [3.8, 4) is 0 Å². The van der Waals surface area contributed by atoms with Gasteiger partial charge in [-0.15, -0.1) is 0 Å². The van der Waals surface area contributed by atoms with Gasteiger partial charge in [-0.1, -0.05) is 0 Å². The highest BCUT2D eigenvalue weighted by Gasteiger charge is 2.35. The van der Waals surface area contributed by atoms with E-state index < -0.39 is 23.2 Å². The summed E-state index contributed by atoms with van der Waals surface area (Å²) in [5.74, 6) is -0.619. The number of hydrogen-bond acceptors (Lipinski definition) is 5. The number of halogens is 3. The maximum absolute atomic E-state index is 12.9. The van der Waals surface area contributed by atoms with Gasteiger partial charge in [-0.25, -0.2) is 4.79 Å². The number of nitrogen functional groups attached to an aromatic ring is 1. The molecule has 2 amide bonds. The van der Waals surface area contributed by atoms with Crippen molar-refractivity contribution in [1.82, 2.24) is 15.1 Å². The monoisotopic (exact) mass is 444 g/mol. The molecule has 31 heavy (non-hydrogen) atoms. The van der Waals surface area contributed by atoms with Crippen molar-refractivity contribution < 1.29 is 27.5 Å². The van der Waals surface area contributed by atoms with Gasteiger partial charge in [0.1, 0.15) is 5.60 Å². The van der Waals surface area contributed by atoms with Gasteiger partial charge < -0.3 is 20.7 Å². The number of nitrogens with one attached hydrogen (secondary N) is 1. The molecule has 1 aromatic rings. The molecule has 1 aliphatic heterocycles. The summed E-state index contributed by atoms with van der Waals surface area (Å²) in [7, 11) is 0. The lowest BCUT2D eigenvalue weighted by atomic mass is 10.1. The van der Waals surface area contributed by atoms with Crippen LogP contribution in [0.2, 0.25) is 0 Å². The number of alkyl halides is 3. The lowest BCUT2D eigenvalue weighted by molar-refractivity contribution is -0.137. The summed E-state index contributed by atoms with van der Waals surface area (Å²) in [6.07, 6.45) is -4.94. The summed E-state index contributed by atoms with van der Waals surface area (Å²) < 4.78 is 44.3. The summed E-state index contributed by atoms with van der Waals surface area (Å²) >= 11 is 0. The molecule has 10 heteroatoms. The second kappa shape index (κ2) is 9.33. The zero-order chi connectivity index (χ0) is 23.6. The summed E-state index contributed by atoms with van der Waals surface area (Å²) in [6.45, 7) is 11.2. The van der Waals surface area contributed by atoms with Gasteiger partial charge in [0.2, 0.25) is 0 Å². The van der Waals surface area contributed by atoms with Crippen LogP contribution in [-0.4, -0.2) is 65.7 Å². The zero-order valence-corrected chi connectivity index (χ0v) is 18.5.